The first-order valence-electron chi connectivity index (χ1n) is 6.18. The summed E-state index contributed by atoms with van der Waals surface area (Å²) in [7, 11) is 0. The summed E-state index contributed by atoms with van der Waals surface area (Å²) in [5, 5.41) is 12.7. The second-order valence-electron chi connectivity index (χ2n) is 4.43. The van der Waals surface area contributed by atoms with E-state index in [4.69, 9.17) is 0 Å². The molecule has 0 amide bonds. The van der Waals surface area contributed by atoms with Crippen molar-refractivity contribution in [2.24, 2.45) is 0 Å². The van der Waals surface area contributed by atoms with Gasteiger partial charge in [-0.15, -0.1) is 0 Å². The largest absolute Gasteiger partial charge is 0.368 e. The highest BCUT2D eigenvalue weighted by Gasteiger charge is 2.18. The Morgan fingerprint density at radius 1 is 1.05 bits per heavy atom. The van der Waals surface area contributed by atoms with E-state index in [2.05, 4.69) is 46.4 Å². The molecular weight excluding hydrogens is 300 g/mol. The molecule has 0 spiro atoms. The van der Waals surface area contributed by atoms with Gasteiger partial charge in [-0.3, -0.25) is 0 Å². The van der Waals surface area contributed by atoms with Gasteiger partial charge < -0.3 is 5.32 Å². The minimum atomic E-state index is -0.263. The Bertz CT molecular complexity index is 575. The van der Waals surface area contributed by atoms with Gasteiger partial charge in [0.05, 0.1) is 6.07 Å². The van der Waals surface area contributed by atoms with Crippen molar-refractivity contribution in [1.29, 1.82) is 5.26 Å². The van der Waals surface area contributed by atoms with Crippen molar-refractivity contribution in [1.82, 2.24) is 0 Å². The summed E-state index contributed by atoms with van der Waals surface area (Å²) in [5.74, 6) is 0.123. The van der Waals surface area contributed by atoms with E-state index in [1.54, 1.807) is 0 Å². The van der Waals surface area contributed by atoms with E-state index in [-0.39, 0.29) is 12.0 Å². The molecule has 1 N–H and O–H groups in total. The van der Waals surface area contributed by atoms with Crippen LogP contribution in [-0.2, 0) is 0 Å². The van der Waals surface area contributed by atoms with Gasteiger partial charge in [0.1, 0.15) is 6.04 Å². The lowest BCUT2D eigenvalue weighted by Crippen LogP contribution is -2.24. The van der Waals surface area contributed by atoms with Crippen LogP contribution in [0.3, 0.4) is 0 Å². The molecule has 96 valence electrons. The number of hydrogen-bond donors (Lipinski definition) is 1. The maximum Gasteiger partial charge on any atom is 0.121 e. The Morgan fingerprint density at radius 3 is 2.32 bits per heavy atom. The van der Waals surface area contributed by atoms with Crippen molar-refractivity contribution in [2.45, 2.75) is 18.9 Å². The lowest BCUT2D eigenvalue weighted by atomic mass is 9.94. The van der Waals surface area contributed by atoms with Gasteiger partial charge in [-0.1, -0.05) is 49.4 Å². The second kappa shape index (κ2) is 6.40. The Hall–Kier alpha value is -1.79. The molecule has 0 bridgehead atoms. The lowest BCUT2D eigenvalue weighted by molar-refractivity contribution is 0.710. The molecule has 0 fully saturated rings. The van der Waals surface area contributed by atoms with Crippen LogP contribution in [0.5, 0.6) is 0 Å². The number of nitriles is 1. The van der Waals surface area contributed by atoms with Crippen molar-refractivity contribution in [3.05, 3.63) is 64.6 Å². The molecule has 0 aliphatic carbocycles. The average molecular weight is 315 g/mol. The third kappa shape index (κ3) is 3.36. The number of nitrogens with zero attached hydrogens (tertiary/aromatic N) is 1. The molecule has 0 saturated carbocycles. The fraction of sp³-hybridized carbons (Fsp3) is 0.188. The zero-order valence-electron chi connectivity index (χ0n) is 10.7. The summed E-state index contributed by atoms with van der Waals surface area (Å²) >= 11 is 3.49. The van der Waals surface area contributed by atoms with Crippen molar-refractivity contribution in [3.8, 4) is 6.07 Å². The standard InChI is InChI=1S/C16H15BrN2/c1-12(13-7-3-2-4-8-13)16(11-18)19-15-10-6-5-9-14(15)17/h2-10,12,16,19H,1H3. The van der Waals surface area contributed by atoms with Crippen molar-refractivity contribution in [3.63, 3.8) is 0 Å². The van der Waals surface area contributed by atoms with Gasteiger partial charge in [0.2, 0.25) is 0 Å². The summed E-state index contributed by atoms with van der Waals surface area (Å²) in [6.07, 6.45) is 0. The predicted octanol–water partition coefficient (Wildman–Crippen LogP) is 4.56. The fourth-order valence-electron chi connectivity index (χ4n) is 1.96. The molecule has 0 aliphatic rings. The predicted molar refractivity (Wildman–Crippen MR) is 82.0 cm³/mol. The summed E-state index contributed by atoms with van der Waals surface area (Å²) in [4.78, 5) is 0. The van der Waals surface area contributed by atoms with E-state index in [1.807, 2.05) is 42.5 Å². The smallest absolute Gasteiger partial charge is 0.121 e. The molecule has 0 heterocycles. The molecule has 2 rings (SSSR count). The summed E-state index contributed by atoms with van der Waals surface area (Å²) < 4.78 is 0.968. The number of para-hydroxylation sites is 1. The molecule has 2 unspecified atom stereocenters. The summed E-state index contributed by atoms with van der Waals surface area (Å²) in [6.45, 7) is 2.06. The number of anilines is 1. The van der Waals surface area contributed by atoms with Gasteiger partial charge in [-0.05, 0) is 33.6 Å². The SMILES string of the molecule is CC(c1ccccc1)C(C#N)Nc1ccccc1Br. The van der Waals surface area contributed by atoms with Crippen LogP contribution in [-0.4, -0.2) is 6.04 Å². The zero-order valence-corrected chi connectivity index (χ0v) is 12.3. The molecule has 2 atom stereocenters. The van der Waals surface area contributed by atoms with Crippen LogP contribution in [0, 0.1) is 11.3 Å². The molecule has 0 saturated heterocycles. The van der Waals surface area contributed by atoms with Crippen LogP contribution in [0.1, 0.15) is 18.4 Å². The summed E-state index contributed by atoms with van der Waals surface area (Å²) in [5.41, 5.74) is 2.10. The molecule has 19 heavy (non-hydrogen) atoms. The van der Waals surface area contributed by atoms with Crippen LogP contribution in [0.4, 0.5) is 5.69 Å². The normalized spacial score (nSPS) is 13.3. The Balaban J connectivity index is 2.18. The maximum atomic E-state index is 9.38. The molecule has 2 aromatic carbocycles. The molecule has 0 radical (unpaired) electrons. The molecule has 0 aromatic heterocycles. The maximum absolute atomic E-state index is 9.38. The van der Waals surface area contributed by atoms with E-state index < -0.39 is 0 Å². The molecule has 0 aliphatic heterocycles. The van der Waals surface area contributed by atoms with Gasteiger partial charge in [0.15, 0.2) is 0 Å². The number of hydrogen-bond acceptors (Lipinski definition) is 2. The van der Waals surface area contributed by atoms with Crippen molar-refractivity contribution in [2.75, 3.05) is 5.32 Å². The lowest BCUT2D eigenvalue weighted by Gasteiger charge is -2.21. The van der Waals surface area contributed by atoms with Gasteiger partial charge >= 0.3 is 0 Å². The van der Waals surface area contributed by atoms with Gasteiger partial charge in [0, 0.05) is 16.1 Å². The third-order valence-electron chi connectivity index (χ3n) is 3.15. The van der Waals surface area contributed by atoms with E-state index in [0.29, 0.717) is 0 Å². The number of benzene rings is 2. The van der Waals surface area contributed by atoms with Gasteiger partial charge in [0.25, 0.3) is 0 Å². The highest BCUT2D eigenvalue weighted by molar-refractivity contribution is 9.10. The molecular formula is C16H15BrN2. The highest BCUT2D eigenvalue weighted by Crippen LogP contribution is 2.26. The van der Waals surface area contributed by atoms with Crippen LogP contribution in [0.15, 0.2) is 59.1 Å². The average Bonchev–Trinajstić information content (AvgIpc) is 2.47. The minimum absolute atomic E-state index is 0.123. The van der Waals surface area contributed by atoms with E-state index >= 15 is 0 Å². The highest BCUT2D eigenvalue weighted by atomic mass is 79.9. The number of rotatable bonds is 4. The Kier molecular flexibility index (Phi) is 4.59. The molecule has 2 nitrogen and oxygen atoms in total. The van der Waals surface area contributed by atoms with Crippen LogP contribution < -0.4 is 5.32 Å². The number of halogens is 1. The quantitative estimate of drug-likeness (QED) is 0.898. The molecule has 3 heteroatoms. The van der Waals surface area contributed by atoms with E-state index in [1.165, 1.54) is 0 Å². The monoisotopic (exact) mass is 314 g/mol. The zero-order chi connectivity index (χ0) is 13.7. The number of nitrogens with one attached hydrogen (secondary N) is 1. The Morgan fingerprint density at radius 2 is 1.68 bits per heavy atom. The van der Waals surface area contributed by atoms with Crippen LogP contribution in [0.2, 0.25) is 0 Å². The van der Waals surface area contributed by atoms with Crippen molar-refractivity contribution < 1.29 is 0 Å². The van der Waals surface area contributed by atoms with Crippen LogP contribution >= 0.6 is 15.9 Å². The topological polar surface area (TPSA) is 35.8 Å². The second-order valence-corrected chi connectivity index (χ2v) is 5.28. The van der Waals surface area contributed by atoms with E-state index in [0.717, 1.165) is 15.7 Å². The first-order valence-corrected chi connectivity index (χ1v) is 6.97. The summed E-state index contributed by atoms with van der Waals surface area (Å²) in [6, 6.07) is 20.0. The Labute approximate surface area is 122 Å². The van der Waals surface area contributed by atoms with Gasteiger partial charge in [-0.2, -0.15) is 5.26 Å². The van der Waals surface area contributed by atoms with Crippen LogP contribution in [0.25, 0.3) is 0 Å². The molecule has 2 aromatic rings. The minimum Gasteiger partial charge on any atom is -0.368 e. The van der Waals surface area contributed by atoms with Gasteiger partial charge in [-0.25, -0.2) is 0 Å². The third-order valence-corrected chi connectivity index (χ3v) is 3.84. The van der Waals surface area contributed by atoms with Crippen molar-refractivity contribution >= 4 is 21.6 Å². The first-order chi connectivity index (χ1) is 9.22. The van der Waals surface area contributed by atoms with E-state index in [9.17, 15) is 5.26 Å². The first kappa shape index (κ1) is 13.6. The fourth-order valence-corrected chi connectivity index (χ4v) is 2.36.